The van der Waals surface area contributed by atoms with E-state index in [2.05, 4.69) is 44.9 Å². The zero-order valence-corrected chi connectivity index (χ0v) is 9.31. The Morgan fingerprint density at radius 2 is 2.00 bits per heavy atom. The molecule has 0 fully saturated rings. The summed E-state index contributed by atoms with van der Waals surface area (Å²) in [5, 5.41) is 3.26. The molecular formula is C11H20N2. The Bertz CT molecular complexity index is 241. The minimum atomic E-state index is 0.227. The first-order chi connectivity index (χ1) is 5.93. The number of nitrogens with one attached hydrogen (secondary N) is 1. The summed E-state index contributed by atoms with van der Waals surface area (Å²) >= 11 is 0. The van der Waals surface area contributed by atoms with Crippen LogP contribution in [0.5, 0.6) is 0 Å². The number of rotatable bonds is 1. The van der Waals surface area contributed by atoms with Gasteiger partial charge >= 0.3 is 0 Å². The van der Waals surface area contributed by atoms with Crippen molar-refractivity contribution in [2.45, 2.75) is 34.6 Å². The summed E-state index contributed by atoms with van der Waals surface area (Å²) in [6, 6.07) is 0. The van der Waals surface area contributed by atoms with Crippen LogP contribution < -0.4 is 5.32 Å². The zero-order chi connectivity index (χ0) is 10.1. The van der Waals surface area contributed by atoms with Gasteiger partial charge in [-0.3, -0.25) is 4.99 Å². The summed E-state index contributed by atoms with van der Waals surface area (Å²) < 4.78 is 0. The topological polar surface area (TPSA) is 24.4 Å². The molecule has 0 aromatic rings. The summed E-state index contributed by atoms with van der Waals surface area (Å²) in [7, 11) is 0. The molecule has 0 aromatic heterocycles. The van der Waals surface area contributed by atoms with Crippen LogP contribution in [0, 0.1) is 11.3 Å². The lowest BCUT2D eigenvalue weighted by Crippen LogP contribution is -2.28. The van der Waals surface area contributed by atoms with Gasteiger partial charge in [0.15, 0.2) is 0 Å². The third-order valence-electron chi connectivity index (χ3n) is 2.37. The smallest absolute Gasteiger partial charge is 0.0869 e. The van der Waals surface area contributed by atoms with E-state index in [1.807, 2.05) is 6.34 Å². The van der Waals surface area contributed by atoms with Crippen LogP contribution in [0.1, 0.15) is 34.6 Å². The van der Waals surface area contributed by atoms with E-state index in [-0.39, 0.29) is 5.41 Å². The first-order valence-electron chi connectivity index (χ1n) is 4.91. The number of aliphatic imine (C=N–C) groups is 1. The Kier molecular flexibility index (Phi) is 2.79. The third-order valence-corrected chi connectivity index (χ3v) is 2.37. The molecule has 0 aliphatic carbocycles. The van der Waals surface area contributed by atoms with Gasteiger partial charge in [0, 0.05) is 5.70 Å². The van der Waals surface area contributed by atoms with Gasteiger partial charge < -0.3 is 5.32 Å². The molecule has 0 saturated carbocycles. The third kappa shape index (κ3) is 2.33. The van der Waals surface area contributed by atoms with Crippen molar-refractivity contribution in [2.24, 2.45) is 16.3 Å². The highest BCUT2D eigenvalue weighted by molar-refractivity contribution is 5.60. The fourth-order valence-corrected chi connectivity index (χ4v) is 1.58. The van der Waals surface area contributed by atoms with Gasteiger partial charge in [-0.25, -0.2) is 0 Å². The molecule has 0 bridgehead atoms. The van der Waals surface area contributed by atoms with Crippen molar-refractivity contribution in [3.05, 3.63) is 11.3 Å². The minimum Gasteiger partial charge on any atom is -0.350 e. The van der Waals surface area contributed by atoms with Crippen molar-refractivity contribution >= 4 is 6.34 Å². The Labute approximate surface area is 81.1 Å². The van der Waals surface area contributed by atoms with Crippen LogP contribution in [0.4, 0.5) is 0 Å². The van der Waals surface area contributed by atoms with Crippen molar-refractivity contribution in [3.8, 4) is 0 Å². The van der Waals surface area contributed by atoms with Gasteiger partial charge in [-0.05, 0) is 16.9 Å². The molecule has 2 nitrogen and oxygen atoms in total. The van der Waals surface area contributed by atoms with Crippen LogP contribution in [-0.4, -0.2) is 12.9 Å². The van der Waals surface area contributed by atoms with Crippen molar-refractivity contribution in [1.29, 1.82) is 0 Å². The van der Waals surface area contributed by atoms with E-state index in [1.54, 1.807) is 0 Å². The van der Waals surface area contributed by atoms with Gasteiger partial charge in [0.2, 0.25) is 0 Å². The van der Waals surface area contributed by atoms with Gasteiger partial charge in [-0.2, -0.15) is 0 Å². The second-order valence-electron chi connectivity index (χ2n) is 4.91. The molecule has 1 rings (SSSR count). The molecule has 0 amide bonds. The van der Waals surface area contributed by atoms with Crippen LogP contribution in [0.2, 0.25) is 0 Å². The quantitative estimate of drug-likeness (QED) is 0.659. The van der Waals surface area contributed by atoms with Crippen molar-refractivity contribution in [3.63, 3.8) is 0 Å². The summed E-state index contributed by atoms with van der Waals surface area (Å²) in [5.41, 5.74) is 3.01. The highest BCUT2D eigenvalue weighted by Gasteiger charge is 2.23. The van der Waals surface area contributed by atoms with Crippen LogP contribution in [0.3, 0.4) is 0 Å². The van der Waals surface area contributed by atoms with E-state index in [0.29, 0.717) is 5.92 Å². The van der Waals surface area contributed by atoms with Crippen molar-refractivity contribution in [1.82, 2.24) is 5.32 Å². The largest absolute Gasteiger partial charge is 0.350 e. The normalized spacial score (nSPS) is 18.0. The van der Waals surface area contributed by atoms with Gasteiger partial charge in [0.25, 0.3) is 0 Å². The van der Waals surface area contributed by atoms with E-state index in [9.17, 15) is 0 Å². The fourth-order valence-electron chi connectivity index (χ4n) is 1.58. The minimum absolute atomic E-state index is 0.227. The molecule has 0 spiro atoms. The van der Waals surface area contributed by atoms with Crippen molar-refractivity contribution in [2.75, 3.05) is 6.54 Å². The summed E-state index contributed by atoms with van der Waals surface area (Å²) in [6.45, 7) is 12.0. The van der Waals surface area contributed by atoms with E-state index in [4.69, 9.17) is 0 Å². The Morgan fingerprint density at radius 3 is 2.38 bits per heavy atom. The molecule has 1 aliphatic heterocycles. The fraction of sp³-hybridized carbons (Fsp3) is 0.727. The summed E-state index contributed by atoms with van der Waals surface area (Å²) in [6.07, 6.45) is 1.81. The maximum atomic E-state index is 4.26. The lowest BCUT2D eigenvalue weighted by molar-refractivity contribution is 0.472. The maximum Gasteiger partial charge on any atom is 0.0869 e. The monoisotopic (exact) mass is 180 g/mol. The van der Waals surface area contributed by atoms with Crippen LogP contribution in [0.25, 0.3) is 0 Å². The molecule has 0 aromatic carbocycles. The van der Waals surface area contributed by atoms with Gasteiger partial charge in [0.05, 0.1) is 12.9 Å². The van der Waals surface area contributed by atoms with E-state index in [0.717, 1.165) is 6.54 Å². The second kappa shape index (κ2) is 3.52. The lowest BCUT2D eigenvalue weighted by Gasteiger charge is -2.29. The van der Waals surface area contributed by atoms with Crippen molar-refractivity contribution < 1.29 is 0 Å². The molecule has 0 saturated heterocycles. The maximum absolute atomic E-state index is 4.26. The number of hydrogen-bond donors (Lipinski definition) is 1. The molecule has 1 N–H and O–H groups in total. The van der Waals surface area contributed by atoms with Gasteiger partial charge in [0.1, 0.15) is 0 Å². The molecule has 74 valence electrons. The highest BCUT2D eigenvalue weighted by atomic mass is 15.0. The predicted octanol–water partition coefficient (Wildman–Crippen LogP) is 2.57. The summed E-state index contributed by atoms with van der Waals surface area (Å²) in [5.74, 6) is 0.556. The molecule has 0 radical (unpaired) electrons. The molecule has 2 heteroatoms. The Morgan fingerprint density at radius 1 is 1.38 bits per heavy atom. The molecule has 0 unspecified atom stereocenters. The SMILES string of the molecule is CC(C)C1=C(C(C)(C)C)CN=CN1. The first-order valence-corrected chi connectivity index (χ1v) is 4.91. The van der Waals surface area contributed by atoms with Crippen LogP contribution >= 0.6 is 0 Å². The lowest BCUT2D eigenvalue weighted by atomic mass is 9.82. The second-order valence-corrected chi connectivity index (χ2v) is 4.91. The van der Waals surface area contributed by atoms with Gasteiger partial charge in [-0.1, -0.05) is 34.6 Å². The first kappa shape index (κ1) is 10.3. The number of allylic oxidation sites excluding steroid dienone is 1. The zero-order valence-electron chi connectivity index (χ0n) is 9.31. The van der Waals surface area contributed by atoms with Crippen LogP contribution in [-0.2, 0) is 0 Å². The molecule has 0 atom stereocenters. The number of nitrogens with zero attached hydrogens (tertiary/aromatic N) is 1. The average Bonchev–Trinajstić information content (AvgIpc) is 2.03. The number of hydrogen-bond acceptors (Lipinski definition) is 2. The Hall–Kier alpha value is -0.790. The summed E-state index contributed by atoms with van der Waals surface area (Å²) in [4.78, 5) is 4.26. The molecule has 1 heterocycles. The predicted molar refractivity (Wildman–Crippen MR) is 57.8 cm³/mol. The van der Waals surface area contributed by atoms with Gasteiger partial charge in [-0.15, -0.1) is 0 Å². The highest BCUT2D eigenvalue weighted by Crippen LogP contribution is 2.30. The Balaban J connectivity index is 2.99. The van der Waals surface area contributed by atoms with Crippen LogP contribution in [0.15, 0.2) is 16.3 Å². The van der Waals surface area contributed by atoms with E-state index < -0.39 is 0 Å². The average molecular weight is 180 g/mol. The molecule has 1 aliphatic rings. The standard InChI is InChI=1S/C11H20N2/c1-8(2)10-9(11(3,4)5)6-12-7-13-10/h7-8H,6H2,1-5H3,(H,12,13). The molecular weight excluding hydrogens is 160 g/mol. The van der Waals surface area contributed by atoms with E-state index >= 15 is 0 Å². The molecule has 13 heavy (non-hydrogen) atoms. The van der Waals surface area contributed by atoms with E-state index in [1.165, 1.54) is 11.3 Å².